The summed E-state index contributed by atoms with van der Waals surface area (Å²) in [4.78, 5) is 15.1. The molecule has 0 atom stereocenters. The van der Waals surface area contributed by atoms with Gasteiger partial charge in [0.2, 0.25) is 10.0 Å². The van der Waals surface area contributed by atoms with E-state index in [0.29, 0.717) is 42.8 Å². The third-order valence-electron chi connectivity index (χ3n) is 4.94. The van der Waals surface area contributed by atoms with E-state index in [-0.39, 0.29) is 10.8 Å². The number of benzene rings is 2. The van der Waals surface area contributed by atoms with Crippen molar-refractivity contribution >= 4 is 31.9 Å². The van der Waals surface area contributed by atoms with Crippen LogP contribution in [-0.4, -0.2) is 56.9 Å². The zero-order valence-electron chi connectivity index (χ0n) is 16.4. The first kappa shape index (κ1) is 22.0. The Kier molecular flexibility index (Phi) is 7.45. The van der Waals surface area contributed by atoms with Crippen molar-refractivity contribution in [3.63, 3.8) is 0 Å². The van der Waals surface area contributed by atoms with Gasteiger partial charge in [-0.1, -0.05) is 30.3 Å². The van der Waals surface area contributed by atoms with Gasteiger partial charge in [0.25, 0.3) is 5.91 Å². The highest BCUT2D eigenvalue weighted by Gasteiger charge is 2.29. The summed E-state index contributed by atoms with van der Waals surface area (Å²) >= 11 is 3.42. The minimum atomic E-state index is -3.60. The number of carbonyl (C=O) groups excluding carboxylic acids is 1. The van der Waals surface area contributed by atoms with E-state index in [1.165, 1.54) is 10.4 Å². The van der Waals surface area contributed by atoms with Crippen molar-refractivity contribution in [2.24, 2.45) is 0 Å². The summed E-state index contributed by atoms with van der Waals surface area (Å²) in [6.45, 7) is 2.26. The molecule has 1 aliphatic rings. The summed E-state index contributed by atoms with van der Waals surface area (Å²) in [5, 5.41) is 0. The first-order valence-electron chi connectivity index (χ1n) is 9.55. The highest BCUT2D eigenvalue weighted by Crippen LogP contribution is 2.27. The van der Waals surface area contributed by atoms with Gasteiger partial charge >= 0.3 is 0 Å². The highest BCUT2D eigenvalue weighted by molar-refractivity contribution is 9.10. The van der Waals surface area contributed by atoms with Crippen LogP contribution in [0.25, 0.3) is 0 Å². The van der Waals surface area contributed by atoms with E-state index < -0.39 is 10.0 Å². The molecule has 1 fully saturated rings. The SMILES string of the molecule is COCCN(Cc1ccccc1)C(=O)c1cc(S(=O)(=O)N2CCCC2)ccc1Br. The van der Waals surface area contributed by atoms with Crippen LogP contribution in [0.5, 0.6) is 0 Å². The topological polar surface area (TPSA) is 66.9 Å². The van der Waals surface area contributed by atoms with Gasteiger partial charge in [0.15, 0.2) is 0 Å². The van der Waals surface area contributed by atoms with Gasteiger partial charge in [-0.2, -0.15) is 4.31 Å². The van der Waals surface area contributed by atoms with E-state index in [4.69, 9.17) is 4.74 Å². The second kappa shape index (κ2) is 9.84. The first-order chi connectivity index (χ1) is 13.9. The number of methoxy groups -OCH3 is 1. The molecule has 6 nitrogen and oxygen atoms in total. The predicted molar refractivity (Wildman–Crippen MR) is 115 cm³/mol. The Morgan fingerprint density at radius 1 is 1.14 bits per heavy atom. The molecule has 0 bridgehead atoms. The lowest BCUT2D eigenvalue weighted by atomic mass is 10.1. The minimum absolute atomic E-state index is 0.150. The summed E-state index contributed by atoms with van der Waals surface area (Å²) in [5.41, 5.74) is 1.33. The second-order valence-corrected chi connectivity index (χ2v) is 9.75. The van der Waals surface area contributed by atoms with Crippen molar-refractivity contribution in [1.29, 1.82) is 0 Å². The lowest BCUT2D eigenvalue weighted by Crippen LogP contribution is -2.34. The molecule has 0 saturated carbocycles. The maximum absolute atomic E-state index is 13.3. The number of carbonyl (C=O) groups is 1. The minimum Gasteiger partial charge on any atom is -0.383 e. The quantitative estimate of drug-likeness (QED) is 0.579. The van der Waals surface area contributed by atoms with Gasteiger partial charge in [-0.15, -0.1) is 0 Å². The fraction of sp³-hybridized carbons (Fsp3) is 0.381. The average Bonchev–Trinajstić information content (AvgIpc) is 3.27. The molecule has 0 unspecified atom stereocenters. The fourth-order valence-corrected chi connectivity index (χ4v) is 5.29. The van der Waals surface area contributed by atoms with Gasteiger partial charge in [0.1, 0.15) is 0 Å². The predicted octanol–water partition coefficient (Wildman–Crippen LogP) is 3.52. The largest absolute Gasteiger partial charge is 0.383 e. The smallest absolute Gasteiger partial charge is 0.255 e. The monoisotopic (exact) mass is 480 g/mol. The average molecular weight is 481 g/mol. The number of hydrogen-bond donors (Lipinski definition) is 0. The number of halogens is 1. The molecule has 0 spiro atoms. The lowest BCUT2D eigenvalue weighted by molar-refractivity contribution is 0.0679. The summed E-state index contributed by atoms with van der Waals surface area (Å²) in [7, 11) is -2.01. The third kappa shape index (κ3) is 5.25. The molecule has 0 aromatic heterocycles. The van der Waals surface area contributed by atoms with Crippen LogP contribution in [-0.2, 0) is 21.3 Å². The van der Waals surface area contributed by atoms with E-state index in [1.54, 1.807) is 24.1 Å². The van der Waals surface area contributed by atoms with Gasteiger partial charge in [0.05, 0.1) is 17.1 Å². The van der Waals surface area contributed by atoms with E-state index >= 15 is 0 Å². The third-order valence-corrected chi connectivity index (χ3v) is 7.53. The van der Waals surface area contributed by atoms with E-state index in [1.807, 2.05) is 30.3 Å². The fourth-order valence-electron chi connectivity index (χ4n) is 3.33. The highest BCUT2D eigenvalue weighted by atomic mass is 79.9. The summed E-state index contributed by atoms with van der Waals surface area (Å²) in [6, 6.07) is 14.3. The first-order valence-corrected chi connectivity index (χ1v) is 11.8. The maximum Gasteiger partial charge on any atom is 0.255 e. The number of ether oxygens (including phenoxy) is 1. The molecule has 8 heteroatoms. The van der Waals surface area contributed by atoms with Crippen LogP contribution in [0.3, 0.4) is 0 Å². The van der Waals surface area contributed by atoms with Gasteiger partial charge in [-0.05, 0) is 52.5 Å². The Morgan fingerprint density at radius 3 is 2.48 bits per heavy atom. The zero-order chi connectivity index (χ0) is 20.9. The molecular weight excluding hydrogens is 456 g/mol. The molecule has 0 N–H and O–H groups in total. The second-order valence-electron chi connectivity index (χ2n) is 6.96. The summed E-state index contributed by atoms with van der Waals surface area (Å²) < 4.78 is 33.1. The lowest BCUT2D eigenvalue weighted by Gasteiger charge is -2.24. The standard InChI is InChI=1S/C21H25BrN2O4S/c1-28-14-13-23(16-17-7-3-2-4-8-17)21(25)19-15-18(9-10-20(19)22)29(26,27)24-11-5-6-12-24/h2-4,7-10,15H,5-6,11-14,16H2,1H3. The van der Waals surface area contributed by atoms with Crippen molar-refractivity contribution in [3.8, 4) is 0 Å². The van der Waals surface area contributed by atoms with Gasteiger partial charge in [0, 0.05) is 37.8 Å². The molecule has 0 radical (unpaired) electrons. The van der Waals surface area contributed by atoms with Crippen LogP contribution < -0.4 is 0 Å². The molecule has 1 saturated heterocycles. The number of hydrogen-bond acceptors (Lipinski definition) is 4. The van der Waals surface area contributed by atoms with Crippen molar-refractivity contribution < 1.29 is 17.9 Å². The molecular formula is C21H25BrN2O4S. The maximum atomic E-state index is 13.3. The number of nitrogens with zero attached hydrogens (tertiary/aromatic N) is 2. The van der Waals surface area contributed by atoms with Gasteiger partial charge in [-0.3, -0.25) is 4.79 Å². The molecule has 29 heavy (non-hydrogen) atoms. The van der Waals surface area contributed by atoms with E-state index in [2.05, 4.69) is 15.9 Å². The van der Waals surface area contributed by atoms with Crippen LogP contribution in [0.2, 0.25) is 0 Å². The molecule has 0 aliphatic carbocycles. The van der Waals surface area contributed by atoms with Crippen molar-refractivity contribution in [2.75, 3.05) is 33.4 Å². The van der Waals surface area contributed by atoms with E-state index in [9.17, 15) is 13.2 Å². The van der Waals surface area contributed by atoms with Crippen molar-refractivity contribution in [2.45, 2.75) is 24.3 Å². The van der Waals surface area contributed by atoms with Gasteiger partial charge < -0.3 is 9.64 Å². The molecule has 1 heterocycles. The Bertz CT molecular complexity index is 944. The molecule has 2 aromatic rings. The normalized spacial score (nSPS) is 14.8. The zero-order valence-corrected chi connectivity index (χ0v) is 18.8. The Morgan fingerprint density at radius 2 is 1.83 bits per heavy atom. The van der Waals surface area contributed by atoms with Crippen LogP contribution in [0.15, 0.2) is 57.9 Å². The van der Waals surface area contributed by atoms with E-state index in [0.717, 1.165) is 18.4 Å². The molecule has 1 amide bonds. The molecule has 156 valence electrons. The van der Waals surface area contributed by atoms with Crippen LogP contribution in [0, 0.1) is 0 Å². The molecule has 1 aliphatic heterocycles. The van der Waals surface area contributed by atoms with Crippen LogP contribution in [0.1, 0.15) is 28.8 Å². The number of sulfonamides is 1. The number of rotatable bonds is 8. The summed E-state index contributed by atoms with van der Waals surface area (Å²) in [5.74, 6) is -0.240. The van der Waals surface area contributed by atoms with Crippen molar-refractivity contribution in [3.05, 3.63) is 64.1 Å². The summed E-state index contributed by atoms with van der Waals surface area (Å²) in [6.07, 6.45) is 1.73. The molecule has 3 rings (SSSR count). The Hall–Kier alpha value is -1.74. The van der Waals surface area contributed by atoms with Crippen molar-refractivity contribution in [1.82, 2.24) is 9.21 Å². The Labute approximate surface area is 180 Å². The molecule has 2 aromatic carbocycles. The van der Waals surface area contributed by atoms with Crippen LogP contribution >= 0.6 is 15.9 Å². The number of amides is 1. The van der Waals surface area contributed by atoms with Gasteiger partial charge in [-0.25, -0.2) is 8.42 Å². The van der Waals surface area contributed by atoms with Crippen LogP contribution in [0.4, 0.5) is 0 Å². The Balaban J connectivity index is 1.90.